The molecule has 206 valence electrons. The molecule has 4 atom stereocenters. The number of nitrogens with zero attached hydrogens (tertiary/aromatic N) is 4. The van der Waals surface area contributed by atoms with E-state index in [2.05, 4.69) is 5.32 Å². The molecule has 1 N–H and O–H groups in total. The summed E-state index contributed by atoms with van der Waals surface area (Å²) < 4.78 is 6.96. The van der Waals surface area contributed by atoms with Crippen LogP contribution < -0.4 is 20.5 Å². The van der Waals surface area contributed by atoms with Gasteiger partial charge in [-0.15, -0.1) is 0 Å². The third kappa shape index (κ3) is 3.12. The third-order valence-corrected chi connectivity index (χ3v) is 8.63. The van der Waals surface area contributed by atoms with Crippen LogP contribution in [0.3, 0.4) is 0 Å². The number of fused-ring (bicyclic) bond motifs is 8. The maximum Gasteiger partial charge on any atom is 0.273 e. The van der Waals surface area contributed by atoms with Gasteiger partial charge in [0.25, 0.3) is 11.2 Å². The van der Waals surface area contributed by atoms with E-state index in [0.29, 0.717) is 28.0 Å². The van der Waals surface area contributed by atoms with Crippen LogP contribution in [0.4, 0.5) is 11.4 Å². The molecule has 3 aliphatic rings. The number of hydrogen-bond acceptors (Lipinski definition) is 8. The van der Waals surface area contributed by atoms with Crippen molar-refractivity contribution >= 4 is 34.1 Å². The first kappa shape index (κ1) is 25.1. The number of rotatable bonds is 4. The fraction of sp³-hybridized carbons (Fsp3) is 0.267. The van der Waals surface area contributed by atoms with Crippen LogP contribution in [-0.4, -0.2) is 39.4 Å². The lowest BCUT2D eigenvalue weighted by atomic mass is 9.75. The third-order valence-electron chi connectivity index (χ3n) is 8.63. The zero-order chi connectivity index (χ0) is 28.8. The summed E-state index contributed by atoms with van der Waals surface area (Å²) in [5.74, 6) is -2.32. The number of nitro groups is 1. The Bertz CT molecular complexity index is 1880. The first-order valence-corrected chi connectivity index (χ1v) is 13.3. The lowest BCUT2D eigenvalue weighted by molar-refractivity contribution is -0.384. The molecule has 11 nitrogen and oxygen atoms in total. The van der Waals surface area contributed by atoms with E-state index in [9.17, 15) is 24.5 Å². The number of anilines is 1. The second-order valence-electron chi connectivity index (χ2n) is 11.0. The van der Waals surface area contributed by atoms with Gasteiger partial charge in [-0.25, -0.2) is 9.88 Å². The van der Waals surface area contributed by atoms with Crippen molar-refractivity contribution in [2.45, 2.75) is 25.4 Å². The van der Waals surface area contributed by atoms with Crippen molar-refractivity contribution in [2.24, 2.45) is 17.8 Å². The fourth-order valence-electron chi connectivity index (χ4n) is 6.93. The Labute approximate surface area is 233 Å². The van der Waals surface area contributed by atoms with Crippen molar-refractivity contribution in [2.75, 3.05) is 12.0 Å². The number of carbonyl (C=O) groups excluding carboxylic acids is 2. The predicted octanol–water partition coefficient (Wildman–Crippen LogP) is 3.29. The van der Waals surface area contributed by atoms with Gasteiger partial charge in [0, 0.05) is 17.7 Å². The number of methoxy groups -OCH3 is 1. The summed E-state index contributed by atoms with van der Waals surface area (Å²) >= 11 is 0. The fourth-order valence-corrected chi connectivity index (χ4v) is 6.93. The molecule has 4 heterocycles. The summed E-state index contributed by atoms with van der Waals surface area (Å²) in [4.78, 5) is 59.5. The van der Waals surface area contributed by atoms with Crippen molar-refractivity contribution in [3.05, 3.63) is 98.6 Å². The first-order valence-electron chi connectivity index (χ1n) is 13.3. The van der Waals surface area contributed by atoms with Gasteiger partial charge in [0.1, 0.15) is 17.1 Å². The summed E-state index contributed by atoms with van der Waals surface area (Å²) in [5, 5.41) is 15.5. The van der Waals surface area contributed by atoms with E-state index in [1.165, 1.54) is 25.3 Å². The Morgan fingerprint density at radius 2 is 1.73 bits per heavy atom. The quantitative estimate of drug-likeness (QED) is 0.232. The van der Waals surface area contributed by atoms with Crippen molar-refractivity contribution in [1.82, 2.24) is 14.9 Å². The number of nitro benzene ring substituents is 1. The van der Waals surface area contributed by atoms with Crippen LogP contribution >= 0.6 is 0 Å². The van der Waals surface area contributed by atoms with E-state index in [0.717, 1.165) is 4.90 Å². The molecule has 3 aliphatic heterocycles. The number of amides is 2. The van der Waals surface area contributed by atoms with Gasteiger partial charge < -0.3 is 4.74 Å². The molecule has 1 aromatic heterocycles. The maximum atomic E-state index is 14.5. The highest BCUT2D eigenvalue weighted by atomic mass is 16.6. The standard InChI is InChI=1S/C30H25N5O6/c1-15(2)25-23-24(28(38)33(27(23)37)21-13-12-16(35(39)40)14-22(21)41-3)30(32-25)18-9-5-7-11-20(18)34-26(36)17-8-4-6-10-19(17)31-29(30)34/h4-15,23-25,32H,1-3H3. The van der Waals surface area contributed by atoms with Gasteiger partial charge in [0.15, 0.2) is 0 Å². The minimum Gasteiger partial charge on any atom is -0.494 e. The van der Waals surface area contributed by atoms with E-state index >= 15 is 0 Å². The summed E-state index contributed by atoms with van der Waals surface area (Å²) in [6.07, 6.45) is 0. The number of nitrogens with one attached hydrogen (secondary N) is 1. The zero-order valence-electron chi connectivity index (χ0n) is 22.4. The van der Waals surface area contributed by atoms with Crippen LogP contribution in [0.1, 0.15) is 25.2 Å². The minimum absolute atomic E-state index is 0.0385. The van der Waals surface area contributed by atoms with Crippen LogP contribution in [0.15, 0.2) is 71.5 Å². The summed E-state index contributed by atoms with van der Waals surface area (Å²) in [6, 6.07) is 17.8. The molecule has 41 heavy (non-hydrogen) atoms. The average molecular weight is 552 g/mol. The highest BCUT2D eigenvalue weighted by molar-refractivity contribution is 6.24. The van der Waals surface area contributed by atoms with Crippen molar-refractivity contribution < 1.29 is 19.2 Å². The molecule has 4 aromatic rings. The minimum atomic E-state index is -1.27. The lowest BCUT2D eigenvalue weighted by Crippen LogP contribution is -2.51. The highest BCUT2D eigenvalue weighted by Crippen LogP contribution is 2.57. The summed E-state index contributed by atoms with van der Waals surface area (Å²) in [6.45, 7) is 3.95. The number of imide groups is 1. The lowest BCUT2D eigenvalue weighted by Gasteiger charge is -2.32. The summed E-state index contributed by atoms with van der Waals surface area (Å²) in [7, 11) is 1.33. The SMILES string of the molecule is COc1cc([N+](=O)[O-])ccc1N1C(=O)C2C(C(C)C)NC3(c4ccccc4-n4c3nc3ccccc3c4=O)C2C1=O. The summed E-state index contributed by atoms with van der Waals surface area (Å²) in [5.41, 5.74) is 0.173. The first-order chi connectivity index (χ1) is 19.7. The van der Waals surface area contributed by atoms with Gasteiger partial charge in [-0.2, -0.15) is 0 Å². The zero-order valence-corrected chi connectivity index (χ0v) is 22.4. The number of carbonyl (C=O) groups is 2. The number of non-ortho nitro benzene ring substituents is 1. The largest absolute Gasteiger partial charge is 0.494 e. The van der Waals surface area contributed by atoms with Gasteiger partial charge in [0.05, 0.1) is 52.2 Å². The predicted molar refractivity (Wildman–Crippen MR) is 149 cm³/mol. The number of aromatic nitrogens is 2. The molecule has 0 aliphatic carbocycles. The van der Waals surface area contributed by atoms with E-state index in [-0.39, 0.29) is 28.6 Å². The molecule has 0 saturated carbocycles. The molecule has 0 radical (unpaired) electrons. The molecular weight excluding hydrogens is 526 g/mol. The topological polar surface area (TPSA) is 137 Å². The Hall–Kier alpha value is -4.90. The Balaban J connectivity index is 1.50. The van der Waals surface area contributed by atoms with Gasteiger partial charge >= 0.3 is 0 Å². The number of para-hydroxylation sites is 2. The molecular formula is C30H25N5O6. The van der Waals surface area contributed by atoms with Crippen LogP contribution in [0, 0.1) is 27.9 Å². The maximum absolute atomic E-state index is 14.5. The van der Waals surface area contributed by atoms with Crippen LogP contribution in [0.25, 0.3) is 16.6 Å². The monoisotopic (exact) mass is 551 g/mol. The Kier molecular flexibility index (Phi) is 5.23. The molecule has 3 aromatic carbocycles. The number of ether oxygens (including phenoxy) is 1. The van der Waals surface area contributed by atoms with Crippen LogP contribution in [-0.2, 0) is 15.1 Å². The van der Waals surface area contributed by atoms with E-state index in [1.54, 1.807) is 28.8 Å². The average Bonchev–Trinajstić information content (AvgIpc) is 3.56. The van der Waals surface area contributed by atoms with Gasteiger partial charge in [-0.1, -0.05) is 44.2 Å². The van der Waals surface area contributed by atoms with Crippen molar-refractivity contribution in [1.29, 1.82) is 0 Å². The van der Waals surface area contributed by atoms with Gasteiger partial charge in [-0.3, -0.25) is 34.4 Å². The smallest absolute Gasteiger partial charge is 0.273 e. The molecule has 7 rings (SSSR count). The number of benzene rings is 3. The highest BCUT2D eigenvalue weighted by Gasteiger charge is 2.70. The molecule has 1 spiro atoms. The van der Waals surface area contributed by atoms with E-state index in [1.807, 2.05) is 38.1 Å². The molecule has 11 heteroatoms. The Morgan fingerprint density at radius 3 is 2.46 bits per heavy atom. The normalized spacial score (nSPS) is 24.3. The van der Waals surface area contributed by atoms with Crippen molar-refractivity contribution in [3.63, 3.8) is 0 Å². The molecule has 0 bridgehead atoms. The van der Waals surface area contributed by atoms with Gasteiger partial charge in [-0.05, 0) is 30.2 Å². The van der Waals surface area contributed by atoms with Crippen molar-refractivity contribution in [3.8, 4) is 11.4 Å². The van der Waals surface area contributed by atoms with Crippen LogP contribution in [0.2, 0.25) is 0 Å². The second-order valence-corrected chi connectivity index (χ2v) is 11.0. The molecule has 2 fully saturated rings. The van der Waals surface area contributed by atoms with E-state index < -0.39 is 40.2 Å². The van der Waals surface area contributed by atoms with Gasteiger partial charge in [0.2, 0.25) is 11.8 Å². The van der Waals surface area contributed by atoms with Crippen LogP contribution in [0.5, 0.6) is 5.75 Å². The Morgan fingerprint density at radius 1 is 1.00 bits per heavy atom. The second kappa shape index (κ2) is 8.55. The van der Waals surface area contributed by atoms with E-state index in [4.69, 9.17) is 9.72 Å². The molecule has 2 amide bonds. The molecule has 2 saturated heterocycles. The number of hydrogen-bond donors (Lipinski definition) is 1. The molecule has 4 unspecified atom stereocenters.